The molecule has 0 radical (unpaired) electrons. The summed E-state index contributed by atoms with van der Waals surface area (Å²) in [5.74, 6) is 4.13. The third-order valence-electron chi connectivity index (χ3n) is 11.0. The molecule has 10 atom stereocenters. The van der Waals surface area contributed by atoms with Gasteiger partial charge in [-0.15, -0.1) is 0 Å². The number of aliphatic hydroxyl groups is 3. The molecule has 3 nitrogen and oxygen atoms in total. The van der Waals surface area contributed by atoms with Crippen LogP contribution in [0, 0.1) is 46.3 Å². The van der Waals surface area contributed by atoms with Crippen LogP contribution < -0.4 is 0 Å². The highest BCUT2D eigenvalue weighted by molar-refractivity contribution is 5.17. The van der Waals surface area contributed by atoms with E-state index in [-0.39, 0.29) is 5.41 Å². The summed E-state index contributed by atoms with van der Waals surface area (Å²) in [4.78, 5) is 0. The van der Waals surface area contributed by atoms with Crippen LogP contribution >= 0.6 is 0 Å². The molecular formula is C27H48O3. The molecule has 0 bridgehead atoms. The first kappa shape index (κ1) is 23.1. The Morgan fingerprint density at radius 2 is 1.63 bits per heavy atom. The van der Waals surface area contributed by atoms with Gasteiger partial charge in [0.25, 0.3) is 0 Å². The van der Waals surface area contributed by atoms with Crippen molar-refractivity contribution >= 4 is 0 Å². The van der Waals surface area contributed by atoms with Gasteiger partial charge in [-0.05, 0) is 85.9 Å². The van der Waals surface area contributed by atoms with Crippen LogP contribution in [0.25, 0.3) is 0 Å². The molecule has 4 fully saturated rings. The van der Waals surface area contributed by atoms with E-state index in [1.165, 1.54) is 44.9 Å². The first-order chi connectivity index (χ1) is 14.0. The van der Waals surface area contributed by atoms with Crippen molar-refractivity contribution in [2.75, 3.05) is 0 Å². The smallest absolute Gasteiger partial charge is 0.0985 e. The van der Waals surface area contributed by atoms with Crippen molar-refractivity contribution < 1.29 is 15.3 Å². The number of rotatable bonds is 5. The fourth-order valence-electron chi connectivity index (χ4n) is 9.29. The van der Waals surface area contributed by atoms with Crippen LogP contribution in [0.1, 0.15) is 105 Å². The Morgan fingerprint density at radius 1 is 0.900 bits per heavy atom. The predicted octanol–water partition coefficient (Wildman–Crippen LogP) is 5.55. The molecular weight excluding hydrogens is 372 g/mol. The maximum absolute atomic E-state index is 11.6. The third kappa shape index (κ3) is 3.41. The van der Waals surface area contributed by atoms with E-state index in [2.05, 4.69) is 34.6 Å². The third-order valence-corrected chi connectivity index (χ3v) is 11.0. The highest BCUT2D eigenvalue weighted by Crippen LogP contribution is 2.69. The summed E-state index contributed by atoms with van der Waals surface area (Å²) in [6, 6.07) is 0. The highest BCUT2D eigenvalue weighted by Gasteiger charge is 2.67. The zero-order chi connectivity index (χ0) is 21.9. The van der Waals surface area contributed by atoms with E-state index < -0.39 is 17.8 Å². The van der Waals surface area contributed by atoms with Gasteiger partial charge < -0.3 is 15.3 Å². The summed E-state index contributed by atoms with van der Waals surface area (Å²) in [6.07, 6.45) is 10.7. The molecule has 0 aromatic rings. The van der Waals surface area contributed by atoms with E-state index in [0.29, 0.717) is 29.6 Å². The molecule has 0 heterocycles. The van der Waals surface area contributed by atoms with E-state index in [1.807, 2.05) is 0 Å². The van der Waals surface area contributed by atoms with Crippen LogP contribution in [0.15, 0.2) is 0 Å². The van der Waals surface area contributed by atoms with Crippen LogP contribution in [0.2, 0.25) is 0 Å². The summed E-state index contributed by atoms with van der Waals surface area (Å²) in [5.41, 5.74) is -0.962. The lowest BCUT2D eigenvalue weighted by Gasteiger charge is -2.65. The summed E-state index contributed by atoms with van der Waals surface area (Å²) >= 11 is 0. The van der Waals surface area contributed by atoms with Gasteiger partial charge in [0.15, 0.2) is 0 Å². The molecule has 174 valence electrons. The SMILES string of the molecule is CC(C)CCC[C@@H](C)[C@@H]1CC[C@H]2[C@H]3C[C@H](O)[C@@]4(O)C[C@@H](O)CC[C@]4(C)[C@@H]3CC[C@@]21C. The van der Waals surface area contributed by atoms with Crippen molar-refractivity contribution in [3.63, 3.8) is 0 Å². The van der Waals surface area contributed by atoms with Crippen LogP contribution in [-0.2, 0) is 0 Å². The standard InChI is InChI=1S/C27H48O3/c1-17(2)7-6-8-18(3)21-9-10-22-20-15-24(29)27(30)16-19(28)11-14-26(27,5)23(20)12-13-25(21,22)4/h17-24,28-30H,6-16H2,1-5H3/t18-,19+,20-,21+,22+,23-,24+,25-,26-,27+/m1/s1. The second-order valence-corrected chi connectivity index (χ2v) is 12.9. The molecule has 0 unspecified atom stereocenters. The fraction of sp³-hybridized carbons (Fsp3) is 1.00. The minimum Gasteiger partial charge on any atom is -0.393 e. The monoisotopic (exact) mass is 420 g/mol. The first-order valence-electron chi connectivity index (χ1n) is 13.1. The van der Waals surface area contributed by atoms with Crippen molar-refractivity contribution in [1.29, 1.82) is 0 Å². The Morgan fingerprint density at radius 3 is 2.33 bits per heavy atom. The average Bonchev–Trinajstić information content (AvgIpc) is 3.01. The van der Waals surface area contributed by atoms with Gasteiger partial charge >= 0.3 is 0 Å². The fourth-order valence-corrected chi connectivity index (χ4v) is 9.29. The zero-order valence-electron chi connectivity index (χ0n) is 20.2. The molecule has 0 aliphatic heterocycles. The van der Waals surface area contributed by atoms with Crippen LogP contribution in [0.4, 0.5) is 0 Å². The summed E-state index contributed by atoms with van der Waals surface area (Å²) in [5, 5.41) is 33.0. The van der Waals surface area contributed by atoms with E-state index in [4.69, 9.17) is 0 Å². The van der Waals surface area contributed by atoms with Crippen molar-refractivity contribution in [3.8, 4) is 0 Å². The zero-order valence-corrected chi connectivity index (χ0v) is 20.2. The van der Waals surface area contributed by atoms with Gasteiger partial charge in [0.1, 0.15) is 0 Å². The van der Waals surface area contributed by atoms with Crippen molar-refractivity contribution in [2.45, 2.75) is 123 Å². The number of fused-ring (bicyclic) bond motifs is 5. The lowest BCUT2D eigenvalue weighted by Crippen LogP contribution is -2.68. The molecule has 0 saturated heterocycles. The molecule has 0 amide bonds. The minimum absolute atomic E-state index is 0.253. The molecule has 3 N–H and O–H groups in total. The molecule has 0 aromatic heterocycles. The average molecular weight is 421 g/mol. The van der Waals surface area contributed by atoms with E-state index in [0.717, 1.165) is 37.0 Å². The maximum atomic E-state index is 11.6. The van der Waals surface area contributed by atoms with E-state index in [1.54, 1.807) is 0 Å². The van der Waals surface area contributed by atoms with Crippen molar-refractivity contribution in [2.24, 2.45) is 46.3 Å². The second-order valence-electron chi connectivity index (χ2n) is 12.9. The molecule has 30 heavy (non-hydrogen) atoms. The Balaban J connectivity index is 1.53. The molecule has 0 spiro atoms. The maximum Gasteiger partial charge on any atom is 0.0985 e. The predicted molar refractivity (Wildman–Crippen MR) is 122 cm³/mol. The Hall–Kier alpha value is -0.120. The van der Waals surface area contributed by atoms with Gasteiger partial charge in [-0.2, -0.15) is 0 Å². The molecule has 4 rings (SSSR count). The lowest BCUT2D eigenvalue weighted by molar-refractivity contribution is -0.264. The Labute approximate surface area is 185 Å². The Kier molecular flexibility index (Phi) is 6.17. The number of aliphatic hydroxyl groups excluding tert-OH is 2. The number of hydrogen-bond acceptors (Lipinski definition) is 3. The van der Waals surface area contributed by atoms with Gasteiger partial charge in [-0.1, -0.05) is 53.9 Å². The quantitative estimate of drug-likeness (QED) is 0.546. The van der Waals surface area contributed by atoms with Crippen LogP contribution in [-0.4, -0.2) is 33.1 Å². The van der Waals surface area contributed by atoms with Gasteiger partial charge in [0.2, 0.25) is 0 Å². The molecule has 3 heteroatoms. The molecule has 4 aliphatic rings. The summed E-state index contributed by atoms with van der Waals surface area (Å²) in [6.45, 7) is 12.0. The normalized spacial score (nSPS) is 51.9. The van der Waals surface area contributed by atoms with Gasteiger partial charge in [0.05, 0.1) is 17.8 Å². The summed E-state index contributed by atoms with van der Waals surface area (Å²) < 4.78 is 0. The topological polar surface area (TPSA) is 60.7 Å². The highest BCUT2D eigenvalue weighted by atomic mass is 16.3. The van der Waals surface area contributed by atoms with Gasteiger partial charge in [0, 0.05) is 11.8 Å². The van der Waals surface area contributed by atoms with E-state index >= 15 is 0 Å². The molecule has 4 aliphatic carbocycles. The van der Waals surface area contributed by atoms with Crippen LogP contribution in [0.5, 0.6) is 0 Å². The van der Waals surface area contributed by atoms with Gasteiger partial charge in [-0.25, -0.2) is 0 Å². The molecule has 0 aromatic carbocycles. The van der Waals surface area contributed by atoms with Crippen molar-refractivity contribution in [1.82, 2.24) is 0 Å². The second kappa shape index (κ2) is 8.03. The number of hydrogen-bond donors (Lipinski definition) is 3. The largest absolute Gasteiger partial charge is 0.393 e. The van der Waals surface area contributed by atoms with Gasteiger partial charge in [-0.3, -0.25) is 0 Å². The lowest BCUT2D eigenvalue weighted by atomic mass is 9.42. The van der Waals surface area contributed by atoms with E-state index in [9.17, 15) is 15.3 Å². The minimum atomic E-state index is -1.11. The first-order valence-corrected chi connectivity index (χ1v) is 13.1. The Bertz CT molecular complexity index is 619. The molecule has 4 saturated carbocycles. The van der Waals surface area contributed by atoms with Crippen molar-refractivity contribution in [3.05, 3.63) is 0 Å². The van der Waals surface area contributed by atoms with Crippen LogP contribution in [0.3, 0.4) is 0 Å². The summed E-state index contributed by atoms with van der Waals surface area (Å²) in [7, 11) is 0.